The van der Waals surface area contributed by atoms with Crippen molar-refractivity contribution in [2.45, 2.75) is 33.1 Å². The number of aromatic nitrogens is 1. The summed E-state index contributed by atoms with van der Waals surface area (Å²) in [5, 5.41) is 0.860. The molecule has 0 saturated carbocycles. The van der Waals surface area contributed by atoms with Gasteiger partial charge in [-0.2, -0.15) is 4.37 Å². The number of hydrogen-bond donors (Lipinski definition) is 1. The van der Waals surface area contributed by atoms with Crippen molar-refractivity contribution in [3.05, 3.63) is 5.56 Å². The number of methoxy groups -OCH3 is 1. The number of nitrogens with zero attached hydrogens (tertiary/aromatic N) is 2. The monoisotopic (exact) mass is 297 g/mol. The van der Waals surface area contributed by atoms with E-state index >= 15 is 0 Å². The van der Waals surface area contributed by atoms with Crippen LogP contribution in [0.3, 0.4) is 0 Å². The average molecular weight is 297 g/mol. The molecule has 20 heavy (non-hydrogen) atoms. The molecular formula is C14H23N3O2S. The fraction of sp³-hybridized carbons (Fsp3) is 0.714. The minimum Gasteiger partial charge on any atom is -0.465 e. The topological polar surface area (TPSA) is 68.5 Å². The molecule has 2 rings (SSSR count). The standard InChI is InChI=1S/C14H23N3O2S/c1-9(2)10-5-4-7-17(8-6-10)13-11(14(18)19-3)12(15)16-20-13/h9-10H,4-8H2,1-3H3,(H2,15,16). The second-order valence-corrected chi connectivity index (χ2v) is 6.41. The summed E-state index contributed by atoms with van der Waals surface area (Å²) in [4.78, 5) is 14.1. The van der Waals surface area contributed by atoms with E-state index in [2.05, 4.69) is 23.1 Å². The summed E-state index contributed by atoms with van der Waals surface area (Å²) in [6.45, 7) is 6.47. The zero-order valence-electron chi connectivity index (χ0n) is 12.4. The fourth-order valence-corrected chi connectivity index (χ4v) is 3.65. The lowest BCUT2D eigenvalue weighted by Gasteiger charge is -2.22. The van der Waals surface area contributed by atoms with Gasteiger partial charge in [-0.3, -0.25) is 0 Å². The molecule has 1 aliphatic heterocycles. The van der Waals surface area contributed by atoms with E-state index in [4.69, 9.17) is 10.5 Å². The molecule has 0 radical (unpaired) electrons. The summed E-state index contributed by atoms with van der Waals surface area (Å²) < 4.78 is 8.94. The van der Waals surface area contributed by atoms with Gasteiger partial charge in [0.15, 0.2) is 5.82 Å². The molecule has 2 N–H and O–H groups in total. The van der Waals surface area contributed by atoms with E-state index < -0.39 is 5.97 Å². The lowest BCUT2D eigenvalue weighted by atomic mass is 9.89. The molecule has 1 aromatic heterocycles. The molecule has 0 aromatic carbocycles. The quantitative estimate of drug-likeness (QED) is 0.869. The van der Waals surface area contributed by atoms with Gasteiger partial charge in [-0.15, -0.1) is 0 Å². The summed E-state index contributed by atoms with van der Waals surface area (Å²) in [6.07, 6.45) is 3.54. The fourth-order valence-electron chi connectivity index (χ4n) is 2.79. The van der Waals surface area contributed by atoms with Crippen LogP contribution < -0.4 is 10.6 Å². The van der Waals surface area contributed by atoms with Crippen molar-refractivity contribution in [3.63, 3.8) is 0 Å². The van der Waals surface area contributed by atoms with Crippen LogP contribution in [-0.2, 0) is 4.74 Å². The molecule has 2 heterocycles. The molecule has 1 atom stereocenters. The molecule has 1 fully saturated rings. The lowest BCUT2D eigenvalue weighted by molar-refractivity contribution is 0.0603. The predicted octanol–water partition coefficient (Wildman–Crippen LogP) is 2.77. The Balaban J connectivity index is 2.18. The van der Waals surface area contributed by atoms with Crippen molar-refractivity contribution in [1.82, 2.24) is 4.37 Å². The zero-order valence-corrected chi connectivity index (χ0v) is 13.2. The largest absolute Gasteiger partial charge is 0.465 e. The second kappa shape index (κ2) is 6.43. The molecule has 1 unspecified atom stereocenters. The first-order valence-electron chi connectivity index (χ1n) is 7.13. The maximum atomic E-state index is 11.9. The van der Waals surface area contributed by atoms with Crippen molar-refractivity contribution in [2.24, 2.45) is 11.8 Å². The van der Waals surface area contributed by atoms with Gasteiger partial charge in [0.25, 0.3) is 0 Å². The molecule has 0 aliphatic carbocycles. The van der Waals surface area contributed by atoms with Crippen LogP contribution in [0, 0.1) is 11.8 Å². The van der Waals surface area contributed by atoms with Crippen molar-refractivity contribution in [2.75, 3.05) is 30.8 Å². The van der Waals surface area contributed by atoms with Gasteiger partial charge in [-0.05, 0) is 42.6 Å². The Morgan fingerprint density at radius 3 is 2.85 bits per heavy atom. The van der Waals surface area contributed by atoms with Crippen LogP contribution >= 0.6 is 11.5 Å². The Morgan fingerprint density at radius 1 is 1.45 bits per heavy atom. The Bertz CT molecular complexity index is 473. The van der Waals surface area contributed by atoms with Gasteiger partial charge in [-0.1, -0.05) is 13.8 Å². The number of hydrogen-bond acceptors (Lipinski definition) is 6. The highest BCUT2D eigenvalue weighted by Gasteiger charge is 2.26. The lowest BCUT2D eigenvalue weighted by Crippen LogP contribution is -2.25. The average Bonchev–Trinajstić information content (AvgIpc) is 2.65. The molecule has 0 spiro atoms. The van der Waals surface area contributed by atoms with Crippen LogP contribution in [-0.4, -0.2) is 30.5 Å². The summed E-state index contributed by atoms with van der Waals surface area (Å²) in [6, 6.07) is 0. The van der Waals surface area contributed by atoms with Gasteiger partial charge in [0.2, 0.25) is 0 Å². The maximum Gasteiger partial charge on any atom is 0.344 e. The van der Waals surface area contributed by atoms with Gasteiger partial charge in [0.05, 0.1) is 7.11 Å². The Labute approximate surface area is 124 Å². The number of nitrogens with two attached hydrogens (primary N) is 1. The number of rotatable bonds is 3. The van der Waals surface area contributed by atoms with Gasteiger partial charge in [0, 0.05) is 13.1 Å². The molecule has 1 saturated heterocycles. The Kier molecular flexibility index (Phi) is 4.86. The molecule has 0 amide bonds. The van der Waals surface area contributed by atoms with E-state index in [1.165, 1.54) is 25.1 Å². The Morgan fingerprint density at radius 2 is 2.20 bits per heavy atom. The number of ether oxygens (including phenoxy) is 1. The highest BCUT2D eigenvalue weighted by atomic mass is 32.1. The van der Waals surface area contributed by atoms with Crippen molar-refractivity contribution < 1.29 is 9.53 Å². The van der Waals surface area contributed by atoms with Crippen LogP contribution in [0.4, 0.5) is 10.8 Å². The number of carbonyl (C=O) groups is 1. The smallest absolute Gasteiger partial charge is 0.344 e. The number of carbonyl (C=O) groups excluding carboxylic acids is 1. The number of anilines is 2. The summed E-state index contributed by atoms with van der Waals surface area (Å²) in [7, 11) is 1.38. The van der Waals surface area contributed by atoms with Crippen LogP contribution in [0.25, 0.3) is 0 Å². The van der Waals surface area contributed by atoms with Crippen LogP contribution in [0.1, 0.15) is 43.5 Å². The molecule has 0 bridgehead atoms. The minimum atomic E-state index is -0.393. The first-order chi connectivity index (χ1) is 9.54. The highest BCUT2D eigenvalue weighted by Crippen LogP contribution is 2.34. The third-order valence-corrected chi connectivity index (χ3v) is 5.02. The summed E-state index contributed by atoms with van der Waals surface area (Å²) in [5.74, 6) is 1.35. The van der Waals surface area contributed by atoms with Crippen molar-refractivity contribution >= 4 is 28.3 Å². The van der Waals surface area contributed by atoms with Gasteiger partial charge in [-0.25, -0.2) is 4.79 Å². The van der Waals surface area contributed by atoms with E-state index in [1.54, 1.807) is 0 Å². The molecule has 6 heteroatoms. The van der Waals surface area contributed by atoms with Crippen molar-refractivity contribution in [3.8, 4) is 0 Å². The van der Waals surface area contributed by atoms with E-state index in [-0.39, 0.29) is 5.82 Å². The molecule has 1 aromatic rings. The highest BCUT2D eigenvalue weighted by molar-refractivity contribution is 7.11. The van der Waals surface area contributed by atoms with Gasteiger partial charge >= 0.3 is 5.97 Å². The molecule has 5 nitrogen and oxygen atoms in total. The number of nitrogen functional groups attached to an aromatic ring is 1. The normalized spacial score (nSPS) is 20.0. The molecule has 112 valence electrons. The first kappa shape index (κ1) is 15.1. The van der Waals surface area contributed by atoms with Crippen LogP contribution in [0.5, 0.6) is 0 Å². The molecule has 1 aliphatic rings. The summed E-state index contributed by atoms with van der Waals surface area (Å²) >= 11 is 1.30. The van der Waals surface area contributed by atoms with E-state index in [0.29, 0.717) is 11.5 Å². The van der Waals surface area contributed by atoms with E-state index in [1.807, 2.05) is 0 Å². The van der Waals surface area contributed by atoms with Crippen molar-refractivity contribution in [1.29, 1.82) is 0 Å². The van der Waals surface area contributed by atoms with E-state index in [9.17, 15) is 4.79 Å². The first-order valence-corrected chi connectivity index (χ1v) is 7.90. The summed E-state index contributed by atoms with van der Waals surface area (Å²) in [5.41, 5.74) is 6.24. The minimum absolute atomic E-state index is 0.279. The zero-order chi connectivity index (χ0) is 14.7. The van der Waals surface area contributed by atoms with Crippen LogP contribution in [0.2, 0.25) is 0 Å². The van der Waals surface area contributed by atoms with Crippen LogP contribution in [0.15, 0.2) is 0 Å². The van der Waals surface area contributed by atoms with E-state index in [0.717, 1.165) is 36.9 Å². The SMILES string of the molecule is COC(=O)c1c(N)nsc1N1CCCC(C(C)C)CC1. The molecular weight excluding hydrogens is 274 g/mol. The predicted molar refractivity (Wildman–Crippen MR) is 82.3 cm³/mol. The third-order valence-electron chi connectivity index (χ3n) is 4.09. The van der Waals surface area contributed by atoms with Gasteiger partial charge < -0.3 is 15.4 Å². The third kappa shape index (κ3) is 3.06. The Hall–Kier alpha value is -1.30. The second-order valence-electron chi connectivity index (χ2n) is 5.66. The number of esters is 1. The maximum absolute atomic E-state index is 11.9. The van der Waals surface area contributed by atoms with Gasteiger partial charge in [0.1, 0.15) is 10.6 Å².